The molecule has 0 bridgehead atoms. The summed E-state index contributed by atoms with van der Waals surface area (Å²) in [6.45, 7) is 2.03. The number of carboxylic acids is 1. The summed E-state index contributed by atoms with van der Waals surface area (Å²) in [5, 5.41) is 11.8. The number of hydrogen-bond acceptors (Lipinski definition) is 3. The number of aldehydes is 1. The van der Waals surface area contributed by atoms with Gasteiger partial charge in [-0.1, -0.05) is 37.3 Å². The van der Waals surface area contributed by atoms with E-state index >= 15 is 0 Å². The monoisotopic (exact) mass is 221 g/mol. The fraction of sp³-hybridized carbons (Fsp3) is 0.333. The van der Waals surface area contributed by atoms with Crippen LogP contribution in [0.1, 0.15) is 12.5 Å². The van der Waals surface area contributed by atoms with Crippen LogP contribution in [0.3, 0.4) is 0 Å². The highest BCUT2D eigenvalue weighted by molar-refractivity contribution is 5.78. The molecular formula is C12H15NO3. The molecule has 1 rings (SSSR count). The maximum Gasteiger partial charge on any atom is 0.321 e. The van der Waals surface area contributed by atoms with E-state index in [0.29, 0.717) is 12.8 Å². The molecule has 4 heteroatoms. The Morgan fingerprint density at radius 3 is 2.56 bits per heavy atom. The van der Waals surface area contributed by atoms with Crippen LogP contribution in [0, 0.1) is 5.92 Å². The Kier molecular flexibility index (Phi) is 4.66. The summed E-state index contributed by atoms with van der Waals surface area (Å²) >= 11 is 0. The molecule has 4 nitrogen and oxygen atoms in total. The molecule has 1 aromatic rings. The molecule has 0 radical (unpaired) electrons. The van der Waals surface area contributed by atoms with Crippen LogP contribution in [-0.2, 0) is 16.1 Å². The minimum absolute atomic E-state index is 0.440. The van der Waals surface area contributed by atoms with Gasteiger partial charge < -0.3 is 9.90 Å². The summed E-state index contributed by atoms with van der Waals surface area (Å²) < 4.78 is 0. The van der Waals surface area contributed by atoms with Gasteiger partial charge in [0.15, 0.2) is 0 Å². The smallest absolute Gasteiger partial charge is 0.321 e. The average molecular weight is 221 g/mol. The number of aliphatic carboxylic acids is 1. The van der Waals surface area contributed by atoms with Crippen LogP contribution >= 0.6 is 0 Å². The first-order valence-electron chi connectivity index (χ1n) is 5.10. The molecule has 0 fully saturated rings. The van der Waals surface area contributed by atoms with Gasteiger partial charge >= 0.3 is 5.97 Å². The van der Waals surface area contributed by atoms with E-state index in [1.165, 1.54) is 0 Å². The van der Waals surface area contributed by atoms with Crippen molar-refractivity contribution in [3.63, 3.8) is 0 Å². The highest BCUT2D eigenvalue weighted by Crippen LogP contribution is 2.03. The minimum atomic E-state index is -1.00. The van der Waals surface area contributed by atoms with Crippen LogP contribution in [0.2, 0.25) is 0 Å². The lowest BCUT2D eigenvalue weighted by Crippen LogP contribution is -2.42. The lowest BCUT2D eigenvalue weighted by atomic mass is 10.0. The summed E-state index contributed by atoms with van der Waals surface area (Å²) in [5.41, 5.74) is 0.992. The molecule has 0 aromatic heterocycles. The summed E-state index contributed by atoms with van der Waals surface area (Å²) in [4.78, 5) is 21.5. The number of nitrogens with one attached hydrogen (secondary N) is 1. The quantitative estimate of drug-likeness (QED) is 0.705. The second kappa shape index (κ2) is 6.02. The Bertz CT molecular complexity index is 351. The average Bonchev–Trinajstić information content (AvgIpc) is 2.30. The van der Waals surface area contributed by atoms with Gasteiger partial charge in [0, 0.05) is 12.5 Å². The maximum atomic E-state index is 10.9. The molecule has 2 atom stereocenters. The molecule has 0 heterocycles. The van der Waals surface area contributed by atoms with Crippen LogP contribution < -0.4 is 5.32 Å². The van der Waals surface area contributed by atoms with Crippen LogP contribution in [-0.4, -0.2) is 23.4 Å². The predicted octanol–water partition coefficient (Wildman–Crippen LogP) is 1.06. The van der Waals surface area contributed by atoms with E-state index in [1.54, 1.807) is 6.92 Å². The molecule has 2 unspecified atom stereocenters. The predicted molar refractivity (Wildman–Crippen MR) is 59.9 cm³/mol. The summed E-state index contributed by atoms with van der Waals surface area (Å²) in [6.07, 6.45) is 0.650. The molecule has 16 heavy (non-hydrogen) atoms. The number of benzene rings is 1. The molecule has 0 aliphatic heterocycles. The van der Waals surface area contributed by atoms with E-state index in [1.807, 2.05) is 30.3 Å². The second-order valence-corrected chi connectivity index (χ2v) is 3.68. The number of hydrogen-bond donors (Lipinski definition) is 2. The Balaban J connectivity index is 2.57. The normalized spacial score (nSPS) is 14.1. The van der Waals surface area contributed by atoms with Crippen molar-refractivity contribution in [2.45, 2.75) is 19.5 Å². The Morgan fingerprint density at radius 1 is 1.44 bits per heavy atom. The van der Waals surface area contributed by atoms with Crippen molar-refractivity contribution in [3.05, 3.63) is 35.9 Å². The van der Waals surface area contributed by atoms with Crippen molar-refractivity contribution in [2.75, 3.05) is 0 Å². The van der Waals surface area contributed by atoms with E-state index in [2.05, 4.69) is 5.32 Å². The molecule has 2 N–H and O–H groups in total. The summed E-state index contributed by atoms with van der Waals surface area (Å²) in [5.74, 6) is -1.54. The lowest BCUT2D eigenvalue weighted by molar-refractivity contribution is -0.142. The van der Waals surface area contributed by atoms with Crippen molar-refractivity contribution in [2.24, 2.45) is 5.92 Å². The molecule has 0 saturated carbocycles. The van der Waals surface area contributed by atoms with Gasteiger partial charge in [-0.05, 0) is 5.56 Å². The minimum Gasteiger partial charge on any atom is -0.480 e. The first-order valence-corrected chi connectivity index (χ1v) is 5.10. The van der Waals surface area contributed by atoms with Gasteiger partial charge in [0.1, 0.15) is 12.3 Å². The first-order chi connectivity index (χ1) is 7.65. The molecular weight excluding hydrogens is 206 g/mol. The molecule has 0 amide bonds. The fourth-order valence-corrected chi connectivity index (χ4v) is 1.40. The van der Waals surface area contributed by atoms with Gasteiger partial charge in [-0.25, -0.2) is 0 Å². The lowest BCUT2D eigenvalue weighted by Gasteiger charge is -2.16. The zero-order valence-corrected chi connectivity index (χ0v) is 9.09. The van der Waals surface area contributed by atoms with E-state index in [9.17, 15) is 9.59 Å². The van der Waals surface area contributed by atoms with Crippen LogP contribution in [0.25, 0.3) is 0 Å². The number of carbonyl (C=O) groups excluding carboxylic acids is 1. The first kappa shape index (κ1) is 12.4. The zero-order chi connectivity index (χ0) is 12.0. The highest BCUT2D eigenvalue weighted by atomic mass is 16.4. The van der Waals surface area contributed by atoms with Crippen LogP contribution in [0.4, 0.5) is 0 Å². The van der Waals surface area contributed by atoms with Gasteiger partial charge in [-0.2, -0.15) is 0 Å². The SMILES string of the molecule is CC(C=O)C(NCc1ccccc1)C(=O)O. The van der Waals surface area contributed by atoms with E-state index in [0.717, 1.165) is 5.56 Å². The van der Waals surface area contributed by atoms with Crippen molar-refractivity contribution in [3.8, 4) is 0 Å². The van der Waals surface area contributed by atoms with E-state index in [4.69, 9.17) is 5.11 Å². The molecule has 0 aliphatic rings. The van der Waals surface area contributed by atoms with Crippen molar-refractivity contribution in [1.82, 2.24) is 5.32 Å². The summed E-state index contributed by atoms with van der Waals surface area (Å²) in [7, 11) is 0. The standard InChI is InChI=1S/C12H15NO3/c1-9(8-14)11(12(15)16)13-7-10-5-3-2-4-6-10/h2-6,8-9,11,13H,7H2,1H3,(H,15,16). The Morgan fingerprint density at radius 2 is 2.06 bits per heavy atom. The molecule has 0 spiro atoms. The third-order valence-corrected chi connectivity index (χ3v) is 2.38. The number of carbonyl (C=O) groups is 2. The molecule has 0 saturated heterocycles. The van der Waals surface area contributed by atoms with Crippen LogP contribution in [0.15, 0.2) is 30.3 Å². The van der Waals surface area contributed by atoms with Gasteiger partial charge in [-0.3, -0.25) is 10.1 Å². The van der Waals surface area contributed by atoms with Crippen molar-refractivity contribution >= 4 is 12.3 Å². The van der Waals surface area contributed by atoms with E-state index < -0.39 is 17.9 Å². The van der Waals surface area contributed by atoms with Gasteiger partial charge in [-0.15, -0.1) is 0 Å². The van der Waals surface area contributed by atoms with Crippen molar-refractivity contribution in [1.29, 1.82) is 0 Å². The summed E-state index contributed by atoms with van der Waals surface area (Å²) in [6, 6.07) is 8.63. The third-order valence-electron chi connectivity index (χ3n) is 2.38. The third kappa shape index (κ3) is 3.47. The number of rotatable bonds is 6. The zero-order valence-electron chi connectivity index (χ0n) is 9.09. The van der Waals surface area contributed by atoms with Gasteiger partial charge in [0.05, 0.1) is 0 Å². The van der Waals surface area contributed by atoms with Gasteiger partial charge in [0.25, 0.3) is 0 Å². The van der Waals surface area contributed by atoms with Crippen LogP contribution in [0.5, 0.6) is 0 Å². The Hall–Kier alpha value is -1.68. The fourth-order valence-electron chi connectivity index (χ4n) is 1.40. The highest BCUT2D eigenvalue weighted by Gasteiger charge is 2.23. The maximum absolute atomic E-state index is 10.9. The second-order valence-electron chi connectivity index (χ2n) is 3.68. The molecule has 86 valence electrons. The molecule has 0 aliphatic carbocycles. The van der Waals surface area contributed by atoms with Crippen molar-refractivity contribution < 1.29 is 14.7 Å². The molecule has 1 aromatic carbocycles. The number of carboxylic acid groups (broad SMARTS) is 1. The largest absolute Gasteiger partial charge is 0.480 e. The topological polar surface area (TPSA) is 66.4 Å². The van der Waals surface area contributed by atoms with Gasteiger partial charge in [0.2, 0.25) is 0 Å². The Labute approximate surface area is 94.3 Å². The van der Waals surface area contributed by atoms with E-state index in [-0.39, 0.29) is 0 Å².